The summed E-state index contributed by atoms with van der Waals surface area (Å²) in [6.07, 6.45) is 3.15. The molecule has 3 rings (SSSR count). The summed E-state index contributed by atoms with van der Waals surface area (Å²) < 4.78 is 10.7. The number of carbonyl (C=O) groups excluding carboxylic acids is 1. The maximum absolute atomic E-state index is 12.2. The molecule has 0 saturated carbocycles. The van der Waals surface area contributed by atoms with E-state index in [-0.39, 0.29) is 27.9 Å². The number of carbonyl (C=O) groups is 1. The van der Waals surface area contributed by atoms with Crippen LogP contribution in [0.4, 0.5) is 5.69 Å². The van der Waals surface area contributed by atoms with Crippen molar-refractivity contribution in [3.8, 4) is 5.75 Å². The summed E-state index contributed by atoms with van der Waals surface area (Å²) in [5.41, 5.74) is 0.827. The van der Waals surface area contributed by atoms with Gasteiger partial charge in [0.25, 0.3) is 5.69 Å². The number of ether oxygens (including phenoxy) is 2. The van der Waals surface area contributed by atoms with Crippen LogP contribution in [0.1, 0.15) is 11.1 Å². The van der Waals surface area contributed by atoms with Gasteiger partial charge in [0.2, 0.25) is 5.90 Å². The standard InChI is InChI=1S/C19H13ClN2O5/c1-2-9-26-17-6-4-3-5-12(17)10-16-19(23)27-18(21-16)14-8-7-13(22(24)25)11-15(14)20/h2-8,10-11H,1,9H2. The topological polar surface area (TPSA) is 91.0 Å². The average molecular weight is 385 g/mol. The van der Waals surface area contributed by atoms with E-state index in [0.717, 1.165) is 0 Å². The number of esters is 1. The van der Waals surface area contributed by atoms with Crippen LogP contribution in [-0.2, 0) is 9.53 Å². The SMILES string of the molecule is C=CCOc1ccccc1C=C1N=C(c2ccc([N+](=O)[O-])cc2Cl)OC1=O. The Morgan fingerprint density at radius 3 is 2.78 bits per heavy atom. The van der Waals surface area contributed by atoms with Gasteiger partial charge < -0.3 is 9.47 Å². The summed E-state index contributed by atoms with van der Waals surface area (Å²) in [6, 6.07) is 10.9. The van der Waals surface area contributed by atoms with Crippen molar-refractivity contribution in [1.29, 1.82) is 0 Å². The minimum Gasteiger partial charge on any atom is -0.489 e. The van der Waals surface area contributed by atoms with Crippen LogP contribution in [0.2, 0.25) is 5.02 Å². The number of para-hydroxylation sites is 1. The number of hydrogen-bond acceptors (Lipinski definition) is 6. The first-order valence-corrected chi connectivity index (χ1v) is 8.17. The van der Waals surface area contributed by atoms with E-state index in [0.29, 0.717) is 17.9 Å². The molecule has 0 spiro atoms. The molecule has 7 nitrogen and oxygen atoms in total. The van der Waals surface area contributed by atoms with Gasteiger partial charge >= 0.3 is 5.97 Å². The van der Waals surface area contributed by atoms with Crippen molar-refractivity contribution in [2.45, 2.75) is 0 Å². The largest absolute Gasteiger partial charge is 0.489 e. The van der Waals surface area contributed by atoms with Crippen molar-refractivity contribution in [1.82, 2.24) is 0 Å². The summed E-state index contributed by atoms with van der Waals surface area (Å²) in [4.78, 5) is 26.6. The van der Waals surface area contributed by atoms with Crippen LogP contribution in [0.3, 0.4) is 0 Å². The summed E-state index contributed by atoms with van der Waals surface area (Å²) >= 11 is 6.07. The molecule has 2 aromatic rings. The Hall–Kier alpha value is -3.45. The Balaban J connectivity index is 1.94. The zero-order valence-electron chi connectivity index (χ0n) is 13.9. The number of cyclic esters (lactones) is 1. The van der Waals surface area contributed by atoms with Gasteiger partial charge in [-0.05, 0) is 18.2 Å². The van der Waals surface area contributed by atoms with Crippen molar-refractivity contribution in [3.05, 3.63) is 87.1 Å². The molecular weight excluding hydrogens is 372 g/mol. The van der Waals surface area contributed by atoms with Crippen LogP contribution in [0.5, 0.6) is 5.75 Å². The number of halogens is 1. The Labute approximate surface area is 159 Å². The smallest absolute Gasteiger partial charge is 0.363 e. The third-order valence-corrected chi connectivity index (χ3v) is 3.90. The van der Waals surface area contributed by atoms with Crippen molar-refractivity contribution >= 4 is 35.2 Å². The first-order valence-electron chi connectivity index (χ1n) is 7.79. The Bertz CT molecular complexity index is 997. The molecular formula is C19H13ClN2O5. The molecule has 0 N–H and O–H groups in total. The molecule has 0 saturated heterocycles. The Morgan fingerprint density at radius 2 is 2.07 bits per heavy atom. The Kier molecular flexibility index (Phi) is 5.33. The van der Waals surface area contributed by atoms with Gasteiger partial charge in [0, 0.05) is 17.7 Å². The molecule has 1 aliphatic rings. The molecule has 0 bridgehead atoms. The number of nitrogens with zero attached hydrogens (tertiary/aromatic N) is 2. The number of non-ortho nitro benzene ring substituents is 1. The zero-order chi connectivity index (χ0) is 19.4. The van der Waals surface area contributed by atoms with E-state index in [4.69, 9.17) is 21.1 Å². The summed E-state index contributed by atoms with van der Waals surface area (Å²) in [7, 11) is 0. The van der Waals surface area contributed by atoms with Crippen LogP contribution in [0.15, 0.2) is 65.8 Å². The molecule has 0 amide bonds. The van der Waals surface area contributed by atoms with E-state index in [1.165, 1.54) is 24.3 Å². The van der Waals surface area contributed by atoms with E-state index >= 15 is 0 Å². The fourth-order valence-corrected chi connectivity index (χ4v) is 2.60. The fourth-order valence-electron chi connectivity index (χ4n) is 2.34. The highest BCUT2D eigenvalue weighted by Crippen LogP contribution is 2.28. The first kappa shape index (κ1) is 18.3. The van der Waals surface area contributed by atoms with Gasteiger partial charge in [-0.3, -0.25) is 10.1 Å². The van der Waals surface area contributed by atoms with Crippen LogP contribution < -0.4 is 4.74 Å². The first-order chi connectivity index (χ1) is 13.0. The van der Waals surface area contributed by atoms with Gasteiger partial charge in [0.15, 0.2) is 5.70 Å². The molecule has 0 atom stereocenters. The zero-order valence-corrected chi connectivity index (χ0v) is 14.7. The highest BCUT2D eigenvalue weighted by atomic mass is 35.5. The van der Waals surface area contributed by atoms with Gasteiger partial charge in [-0.25, -0.2) is 9.79 Å². The maximum Gasteiger partial charge on any atom is 0.363 e. The van der Waals surface area contributed by atoms with Crippen molar-refractivity contribution < 1.29 is 19.2 Å². The molecule has 8 heteroatoms. The molecule has 0 radical (unpaired) electrons. The minimum atomic E-state index is -0.655. The van der Waals surface area contributed by atoms with Gasteiger partial charge in [-0.15, -0.1) is 0 Å². The number of hydrogen-bond donors (Lipinski definition) is 0. The lowest BCUT2D eigenvalue weighted by molar-refractivity contribution is -0.384. The van der Waals surface area contributed by atoms with Gasteiger partial charge in [-0.1, -0.05) is 42.5 Å². The molecule has 136 valence electrons. The van der Waals surface area contributed by atoms with Crippen LogP contribution >= 0.6 is 11.6 Å². The number of benzene rings is 2. The van der Waals surface area contributed by atoms with Gasteiger partial charge in [-0.2, -0.15) is 0 Å². The van der Waals surface area contributed by atoms with Crippen LogP contribution in [-0.4, -0.2) is 23.4 Å². The van der Waals surface area contributed by atoms with Crippen molar-refractivity contribution in [2.24, 2.45) is 4.99 Å². The molecule has 0 aromatic heterocycles. The van der Waals surface area contributed by atoms with E-state index in [9.17, 15) is 14.9 Å². The Morgan fingerprint density at radius 1 is 1.30 bits per heavy atom. The van der Waals surface area contributed by atoms with Gasteiger partial charge in [0.1, 0.15) is 12.4 Å². The van der Waals surface area contributed by atoms with Gasteiger partial charge in [0.05, 0.1) is 15.5 Å². The maximum atomic E-state index is 12.2. The third kappa shape index (κ3) is 4.04. The van der Waals surface area contributed by atoms with E-state index in [1.54, 1.807) is 30.3 Å². The molecule has 2 aromatic carbocycles. The van der Waals surface area contributed by atoms with E-state index in [2.05, 4.69) is 11.6 Å². The average Bonchev–Trinajstić information content (AvgIpc) is 3.01. The predicted molar refractivity (Wildman–Crippen MR) is 101 cm³/mol. The quantitative estimate of drug-likeness (QED) is 0.245. The number of aliphatic imine (C=N–C) groups is 1. The third-order valence-electron chi connectivity index (χ3n) is 3.58. The van der Waals surface area contributed by atoms with E-state index < -0.39 is 10.9 Å². The highest BCUT2D eigenvalue weighted by Gasteiger charge is 2.26. The normalized spacial score (nSPS) is 14.6. The predicted octanol–water partition coefficient (Wildman–Crippen LogP) is 4.16. The molecule has 1 heterocycles. The lowest BCUT2D eigenvalue weighted by atomic mass is 10.1. The van der Waals surface area contributed by atoms with Crippen molar-refractivity contribution in [2.75, 3.05) is 6.61 Å². The molecule has 0 fully saturated rings. The minimum absolute atomic E-state index is 0.0179. The molecule has 0 unspecified atom stereocenters. The summed E-state index contributed by atoms with van der Waals surface area (Å²) in [5.74, 6) is -0.108. The fraction of sp³-hybridized carbons (Fsp3) is 0.0526. The number of rotatable bonds is 6. The number of nitro groups is 1. The molecule has 27 heavy (non-hydrogen) atoms. The summed E-state index contributed by atoms with van der Waals surface area (Å²) in [6.45, 7) is 3.92. The monoisotopic (exact) mass is 384 g/mol. The van der Waals surface area contributed by atoms with Crippen LogP contribution in [0.25, 0.3) is 6.08 Å². The number of nitro benzene ring substituents is 1. The van der Waals surface area contributed by atoms with Crippen molar-refractivity contribution in [3.63, 3.8) is 0 Å². The molecule has 0 aliphatic carbocycles. The second-order valence-corrected chi connectivity index (χ2v) is 5.80. The molecule has 1 aliphatic heterocycles. The lowest BCUT2D eigenvalue weighted by Gasteiger charge is -2.06. The van der Waals surface area contributed by atoms with E-state index in [1.807, 2.05) is 0 Å². The second kappa shape index (κ2) is 7.84. The lowest BCUT2D eigenvalue weighted by Crippen LogP contribution is -2.06. The highest BCUT2D eigenvalue weighted by molar-refractivity contribution is 6.34. The second-order valence-electron chi connectivity index (χ2n) is 5.39. The van der Waals surface area contributed by atoms with Crippen LogP contribution in [0, 0.1) is 10.1 Å². The summed E-state index contributed by atoms with van der Waals surface area (Å²) in [5, 5.41) is 10.9.